The number of methoxy groups -OCH3 is 1. The average Bonchev–Trinajstić information content (AvgIpc) is 2.78. The molecule has 2 rings (SSSR count). The summed E-state index contributed by atoms with van der Waals surface area (Å²) in [6.45, 7) is 2.00. The zero-order valence-corrected chi connectivity index (χ0v) is 11.5. The highest BCUT2D eigenvalue weighted by Gasteiger charge is 2.12. The maximum Gasteiger partial charge on any atom is 0.411 e. The molecular formula is C14H17N3O3. The van der Waals surface area contributed by atoms with Crippen LogP contribution in [0.5, 0.6) is 0 Å². The predicted octanol–water partition coefficient (Wildman–Crippen LogP) is 1.98. The van der Waals surface area contributed by atoms with Gasteiger partial charge in [-0.15, -0.1) is 0 Å². The van der Waals surface area contributed by atoms with Crippen LogP contribution in [0.25, 0.3) is 10.9 Å². The molecule has 0 bridgehead atoms. The van der Waals surface area contributed by atoms with Crippen molar-refractivity contribution in [2.24, 2.45) is 5.73 Å². The largest absolute Gasteiger partial charge is 0.453 e. The van der Waals surface area contributed by atoms with Gasteiger partial charge in [-0.3, -0.25) is 14.7 Å². The van der Waals surface area contributed by atoms with Crippen LogP contribution < -0.4 is 11.1 Å². The summed E-state index contributed by atoms with van der Waals surface area (Å²) in [4.78, 5) is 22.9. The minimum absolute atomic E-state index is 0.0630. The first-order valence-electron chi connectivity index (χ1n) is 6.26. The minimum atomic E-state index is -0.532. The zero-order valence-electron chi connectivity index (χ0n) is 11.5. The van der Waals surface area contributed by atoms with Crippen molar-refractivity contribution in [3.05, 3.63) is 30.0 Å². The van der Waals surface area contributed by atoms with Crippen molar-refractivity contribution >= 4 is 28.6 Å². The van der Waals surface area contributed by atoms with E-state index in [1.54, 1.807) is 22.9 Å². The van der Waals surface area contributed by atoms with Gasteiger partial charge in [-0.25, -0.2) is 4.79 Å². The van der Waals surface area contributed by atoms with Gasteiger partial charge in [-0.05, 0) is 36.7 Å². The molecule has 20 heavy (non-hydrogen) atoms. The lowest BCUT2D eigenvalue weighted by Gasteiger charge is -2.05. The Hall–Kier alpha value is -2.34. The van der Waals surface area contributed by atoms with Crippen molar-refractivity contribution in [1.29, 1.82) is 0 Å². The molecule has 6 heteroatoms. The van der Waals surface area contributed by atoms with Crippen LogP contribution in [-0.4, -0.2) is 30.2 Å². The van der Waals surface area contributed by atoms with E-state index >= 15 is 0 Å². The number of nitrogens with two attached hydrogens (primary N) is 1. The van der Waals surface area contributed by atoms with Crippen LogP contribution >= 0.6 is 0 Å². The lowest BCUT2D eigenvalue weighted by molar-refractivity contribution is 0.0941. The molecule has 2 aromatic rings. The lowest BCUT2D eigenvalue weighted by atomic mass is 10.1. The van der Waals surface area contributed by atoms with Crippen LogP contribution in [0.3, 0.4) is 0 Å². The highest BCUT2D eigenvalue weighted by Crippen LogP contribution is 2.25. The summed E-state index contributed by atoms with van der Waals surface area (Å²) in [5.41, 5.74) is 7.99. The number of nitrogens with zero attached hydrogens (tertiary/aromatic N) is 1. The molecule has 0 spiro atoms. The molecule has 0 saturated heterocycles. The standard InChI is InChI=1S/C14H17N3O3/c1-9(18)17-8-10(5-6-15)12-7-11(3-4-13(12)17)16-14(19)20-2/h3-4,7-8H,5-6,15H2,1-2H3,(H,16,19). The number of rotatable bonds is 3. The van der Waals surface area contributed by atoms with Gasteiger partial charge in [-0.2, -0.15) is 0 Å². The van der Waals surface area contributed by atoms with Gasteiger partial charge in [0.2, 0.25) is 5.91 Å². The highest BCUT2D eigenvalue weighted by atomic mass is 16.5. The molecule has 0 unspecified atom stereocenters. The molecule has 3 N–H and O–H groups in total. The molecule has 0 radical (unpaired) electrons. The topological polar surface area (TPSA) is 86.3 Å². The molecule has 106 valence electrons. The molecular weight excluding hydrogens is 258 g/mol. The fourth-order valence-corrected chi connectivity index (χ4v) is 2.16. The van der Waals surface area contributed by atoms with E-state index in [4.69, 9.17) is 5.73 Å². The molecule has 0 fully saturated rings. The number of amides is 1. The van der Waals surface area contributed by atoms with Gasteiger partial charge < -0.3 is 10.5 Å². The number of fused-ring (bicyclic) bond motifs is 1. The van der Waals surface area contributed by atoms with Crippen LogP contribution in [0.15, 0.2) is 24.4 Å². The number of hydrogen-bond donors (Lipinski definition) is 2. The Kier molecular flexibility index (Phi) is 4.05. The van der Waals surface area contributed by atoms with Gasteiger partial charge >= 0.3 is 6.09 Å². The number of aromatic nitrogens is 1. The van der Waals surface area contributed by atoms with Crippen molar-refractivity contribution in [3.8, 4) is 0 Å². The van der Waals surface area contributed by atoms with E-state index in [0.29, 0.717) is 18.7 Å². The van der Waals surface area contributed by atoms with Crippen molar-refractivity contribution in [1.82, 2.24) is 4.57 Å². The van der Waals surface area contributed by atoms with E-state index in [-0.39, 0.29) is 5.91 Å². The fraction of sp³-hybridized carbons (Fsp3) is 0.286. The van der Waals surface area contributed by atoms with Crippen molar-refractivity contribution in [2.75, 3.05) is 19.0 Å². The lowest BCUT2D eigenvalue weighted by Crippen LogP contribution is -2.10. The Morgan fingerprint density at radius 3 is 2.75 bits per heavy atom. The molecule has 1 aromatic heterocycles. The number of ether oxygens (including phenoxy) is 1. The third kappa shape index (κ3) is 2.65. The van der Waals surface area contributed by atoms with Gasteiger partial charge in [0.15, 0.2) is 0 Å². The molecule has 0 atom stereocenters. The maximum atomic E-state index is 11.6. The monoisotopic (exact) mass is 275 g/mol. The van der Waals surface area contributed by atoms with Crippen molar-refractivity contribution < 1.29 is 14.3 Å². The summed E-state index contributed by atoms with van der Waals surface area (Å²) in [6.07, 6.45) is 1.93. The fourth-order valence-electron chi connectivity index (χ4n) is 2.16. The number of benzene rings is 1. The van der Waals surface area contributed by atoms with Crippen LogP contribution in [0.1, 0.15) is 17.3 Å². The smallest absolute Gasteiger partial charge is 0.411 e. The number of nitrogens with one attached hydrogen (secondary N) is 1. The molecule has 6 nitrogen and oxygen atoms in total. The van der Waals surface area contributed by atoms with Gasteiger partial charge in [0.1, 0.15) is 0 Å². The molecule has 0 saturated carbocycles. The van der Waals surface area contributed by atoms with E-state index in [0.717, 1.165) is 16.5 Å². The third-order valence-electron chi connectivity index (χ3n) is 3.07. The Morgan fingerprint density at radius 1 is 1.40 bits per heavy atom. The van der Waals surface area contributed by atoms with E-state index < -0.39 is 6.09 Å². The molecule has 0 aliphatic rings. The minimum Gasteiger partial charge on any atom is -0.453 e. The zero-order chi connectivity index (χ0) is 14.7. The Balaban J connectivity index is 2.51. The van der Waals surface area contributed by atoms with E-state index in [1.807, 2.05) is 6.07 Å². The molecule has 1 amide bonds. The predicted molar refractivity (Wildman–Crippen MR) is 77.0 cm³/mol. The first-order chi connectivity index (χ1) is 9.56. The van der Waals surface area contributed by atoms with E-state index in [1.165, 1.54) is 14.0 Å². The number of carbonyl (C=O) groups excluding carboxylic acids is 2. The number of hydrogen-bond acceptors (Lipinski definition) is 4. The second kappa shape index (κ2) is 5.75. The first-order valence-corrected chi connectivity index (χ1v) is 6.26. The Labute approximate surface area is 116 Å². The van der Waals surface area contributed by atoms with E-state index in [2.05, 4.69) is 10.1 Å². The second-order valence-corrected chi connectivity index (χ2v) is 4.43. The molecule has 0 aliphatic heterocycles. The SMILES string of the molecule is COC(=O)Nc1ccc2c(c1)c(CCN)cn2C(C)=O. The van der Waals surface area contributed by atoms with Gasteiger partial charge in [0.05, 0.1) is 12.6 Å². The van der Waals surface area contributed by atoms with Crippen LogP contribution in [0.2, 0.25) is 0 Å². The quantitative estimate of drug-likeness (QED) is 0.896. The molecule has 1 heterocycles. The summed E-state index contributed by atoms with van der Waals surface area (Å²) in [5, 5.41) is 3.51. The highest BCUT2D eigenvalue weighted by molar-refractivity contribution is 5.97. The van der Waals surface area contributed by atoms with Crippen molar-refractivity contribution in [2.45, 2.75) is 13.3 Å². The molecule has 1 aromatic carbocycles. The van der Waals surface area contributed by atoms with Gasteiger partial charge in [-0.1, -0.05) is 0 Å². The normalized spacial score (nSPS) is 10.6. The second-order valence-electron chi connectivity index (χ2n) is 4.43. The summed E-state index contributed by atoms with van der Waals surface area (Å²) in [6, 6.07) is 5.34. The van der Waals surface area contributed by atoms with Crippen LogP contribution in [0, 0.1) is 0 Å². The van der Waals surface area contributed by atoms with Gasteiger partial charge in [0.25, 0.3) is 0 Å². The molecule has 0 aliphatic carbocycles. The Morgan fingerprint density at radius 2 is 2.15 bits per heavy atom. The summed E-state index contributed by atoms with van der Waals surface area (Å²) >= 11 is 0. The first kappa shape index (κ1) is 14.1. The number of anilines is 1. The van der Waals surface area contributed by atoms with Crippen molar-refractivity contribution in [3.63, 3.8) is 0 Å². The van der Waals surface area contributed by atoms with E-state index in [9.17, 15) is 9.59 Å². The third-order valence-corrected chi connectivity index (χ3v) is 3.07. The summed E-state index contributed by atoms with van der Waals surface area (Å²) < 4.78 is 6.14. The summed E-state index contributed by atoms with van der Waals surface area (Å²) in [7, 11) is 1.31. The van der Waals surface area contributed by atoms with Gasteiger partial charge in [0, 0.05) is 24.2 Å². The number of carbonyl (C=O) groups is 2. The Bertz CT molecular complexity index is 661. The van der Waals surface area contributed by atoms with Crippen LogP contribution in [0.4, 0.5) is 10.5 Å². The average molecular weight is 275 g/mol. The maximum absolute atomic E-state index is 11.6. The summed E-state index contributed by atoms with van der Waals surface area (Å²) in [5.74, 6) is -0.0630. The van der Waals surface area contributed by atoms with Crippen LogP contribution in [-0.2, 0) is 11.2 Å².